The molecule has 1 spiro atoms. The maximum Gasteiger partial charge on any atom is 0.326 e. The number of fused-ring (bicyclic) bond motifs is 1. The molecule has 0 saturated carbocycles. The fraction of sp³-hybridized carbons (Fsp3) is 0.609. The molecule has 2 aromatic rings. The van der Waals surface area contributed by atoms with E-state index in [0.717, 1.165) is 61.5 Å². The second-order valence-corrected chi connectivity index (χ2v) is 8.85. The van der Waals surface area contributed by atoms with E-state index < -0.39 is 0 Å². The van der Waals surface area contributed by atoms with Crippen LogP contribution in [0.25, 0.3) is 10.9 Å². The van der Waals surface area contributed by atoms with Gasteiger partial charge < -0.3 is 19.7 Å². The molecule has 7 heteroatoms. The van der Waals surface area contributed by atoms with Crippen LogP contribution in [0.4, 0.5) is 4.79 Å². The van der Waals surface area contributed by atoms with Crippen LogP contribution in [0.15, 0.2) is 24.4 Å². The number of likely N-dealkylation sites (tertiary alicyclic amines) is 1. The van der Waals surface area contributed by atoms with Crippen molar-refractivity contribution in [2.45, 2.75) is 31.2 Å². The standard InChI is InChI=1S/C23H34N4O3/c1-25(2)12-8-18-15-27(21-7-6-19(29-3)14-20(18)21)22(28)24-10-13-26-11-5-4-9-23(26)16-30-17-23/h6-7,14-15H,4-5,8-13,16-17H2,1-3H3,(H,24,28). The van der Waals surface area contributed by atoms with Gasteiger partial charge in [0, 0.05) is 31.2 Å². The fourth-order valence-electron chi connectivity index (χ4n) is 4.66. The van der Waals surface area contributed by atoms with E-state index in [2.05, 4.69) is 29.2 Å². The average molecular weight is 415 g/mol. The summed E-state index contributed by atoms with van der Waals surface area (Å²) in [6, 6.07) is 5.84. The molecule has 2 saturated heterocycles. The van der Waals surface area contributed by atoms with E-state index in [1.807, 2.05) is 24.4 Å². The number of rotatable bonds is 7. The number of benzene rings is 1. The number of amides is 1. The summed E-state index contributed by atoms with van der Waals surface area (Å²) in [4.78, 5) is 17.7. The van der Waals surface area contributed by atoms with Crippen molar-refractivity contribution < 1.29 is 14.3 Å². The van der Waals surface area contributed by atoms with Crippen molar-refractivity contribution >= 4 is 16.9 Å². The number of carbonyl (C=O) groups is 1. The number of nitrogens with zero attached hydrogens (tertiary/aromatic N) is 3. The molecule has 1 N–H and O–H groups in total. The largest absolute Gasteiger partial charge is 0.497 e. The molecule has 1 amide bonds. The molecule has 0 unspecified atom stereocenters. The third-order valence-corrected chi connectivity index (χ3v) is 6.53. The molecule has 0 radical (unpaired) electrons. The molecule has 0 aliphatic carbocycles. The van der Waals surface area contributed by atoms with Crippen molar-refractivity contribution in [3.05, 3.63) is 30.0 Å². The zero-order valence-corrected chi connectivity index (χ0v) is 18.4. The van der Waals surface area contributed by atoms with Gasteiger partial charge in [0.05, 0.1) is 31.4 Å². The van der Waals surface area contributed by atoms with Gasteiger partial charge in [0.15, 0.2) is 0 Å². The summed E-state index contributed by atoms with van der Waals surface area (Å²) in [6.45, 7) is 5.21. The van der Waals surface area contributed by atoms with Crippen LogP contribution in [0.5, 0.6) is 5.75 Å². The maximum atomic E-state index is 13.0. The summed E-state index contributed by atoms with van der Waals surface area (Å²) < 4.78 is 12.7. The second-order valence-electron chi connectivity index (χ2n) is 8.85. The van der Waals surface area contributed by atoms with Crippen LogP contribution in [0.2, 0.25) is 0 Å². The average Bonchev–Trinajstić information content (AvgIpc) is 3.09. The SMILES string of the molecule is COc1ccc2c(c1)c(CCN(C)C)cn2C(=O)NCCN1CCCCC12COC2. The fourth-order valence-corrected chi connectivity index (χ4v) is 4.66. The predicted molar refractivity (Wildman–Crippen MR) is 119 cm³/mol. The minimum Gasteiger partial charge on any atom is -0.497 e. The molecule has 1 aromatic carbocycles. The minimum atomic E-state index is -0.0720. The van der Waals surface area contributed by atoms with Gasteiger partial charge in [0.1, 0.15) is 5.75 Å². The van der Waals surface area contributed by atoms with Gasteiger partial charge in [-0.1, -0.05) is 6.42 Å². The van der Waals surface area contributed by atoms with Crippen molar-refractivity contribution in [1.82, 2.24) is 19.7 Å². The number of ether oxygens (including phenoxy) is 2. The quantitative estimate of drug-likeness (QED) is 0.755. The third kappa shape index (κ3) is 4.19. The number of nitrogens with one attached hydrogen (secondary N) is 1. The molecule has 0 atom stereocenters. The second kappa shape index (κ2) is 8.96. The van der Waals surface area contributed by atoms with Gasteiger partial charge in [0.2, 0.25) is 0 Å². The van der Waals surface area contributed by atoms with Gasteiger partial charge in [-0.3, -0.25) is 9.47 Å². The summed E-state index contributed by atoms with van der Waals surface area (Å²) in [5, 5.41) is 4.21. The van der Waals surface area contributed by atoms with E-state index in [1.54, 1.807) is 11.7 Å². The lowest BCUT2D eigenvalue weighted by Crippen LogP contribution is -2.65. The summed E-state index contributed by atoms with van der Waals surface area (Å²) in [6.07, 6.45) is 6.58. The van der Waals surface area contributed by atoms with E-state index in [1.165, 1.54) is 19.3 Å². The van der Waals surface area contributed by atoms with E-state index in [0.29, 0.717) is 6.54 Å². The number of carbonyl (C=O) groups excluding carboxylic acids is 1. The molecular formula is C23H34N4O3. The Bertz CT molecular complexity index is 888. The molecular weight excluding hydrogens is 380 g/mol. The first-order chi connectivity index (χ1) is 14.5. The Labute approximate surface area is 178 Å². The van der Waals surface area contributed by atoms with Crippen LogP contribution < -0.4 is 10.1 Å². The lowest BCUT2D eigenvalue weighted by Gasteiger charge is -2.52. The van der Waals surface area contributed by atoms with Crippen LogP contribution in [0.3, 0.4) is 0 Å². The lowest BCUT2D eigenvalue weighted by atomic mass is 9.85. The van der Waals surface area contributed by atoms with Gasteiger partial charge in [0.25, 0.3) is 0 Å². The Morgan fingerprint density at radius 2 is 2.13 bits per heavy atom. The molecule has 3 heterocycles. The normalized spacial score (nSPS) is 18.7. The van der Waals surface area contributed by atoms with Crippen molar-refractivity contribution in [1.29, 1.82) is 0 Å². The molecule has 0 bridgehead atoms. The summed E-state index contributed by atoms with van der Waals surface area (Å²) in [5.74, 6) is 0.810. The Morgan fingerprint density at radius 1 is 1.30 bits per heavy atom. The van der Waals surface area contributed by atoms with Gasteiger partial charge >= 0.3 is 6.03 Å². The van der Waals surface area contributed by atoms with Gasteiger partial charge in [-0.05, 0) is 63.7 Å². The maximum absolute atomic E-state index is 13.0. The minimum absolute atomic E-state index is 0.0720. The van der Waals surface area contributed by atoms with Crippen LogP contribution in [0.1, 0.15) is 24.8 Å². The van der Waals surface area contributed by atoms with Crippen LogP contribution in [0, 0.1) is 0 Å². The molecule has 2 aliphatic heterocycles. The Balaban J connectivity index is 1.45. The molecule has 4 rings (SSSR count). The number of methoxy groups -OCH3 is 1. The van der Waals surface area contributed by atoms with Gasteiger partial charge in [-0.25, -0.2) is 4.79 Å². The van der Waals surface area contributed by atoms with Crippen LogP contribution in [-0.2, 0) is 11.2 Å². The van der Waals surface area contributed by atoms with Crippen molar-refractivity contribution in [2.75, 3.05) is 60.6 Å². The first kappa shape index (κ1) is 21.2. The van der Waals surface area contributed by atoms with Crippen molar-refractivity contribution in [3.8, 4) is 5.75 Å². The number of hydrogen-bond acceptors (Lipinski definition) is 5. The molecule has 7 nitrogen and oxygen atoms in total. The Hall–Kier alpha value is -2.09. The molecule has 164 valence electrons. The Kier molecular flexibility index (Phi) is 6.32. The number of piperidine rings is 1. The van der Waals surface area contributed by atoms with E-state index in [9.17, 15) is 4.79 Å². The highest BCUT2D eigenvalue weighted by Crippen LogP contribution is 2.34. The molecule has 30 heavy (non-hydrogen) atoms. The first-order valence-corrected chi connectivity index (χ1v) is 11.0. The molecule has 2 aliphatic rings. The number of hydrogen-bond donors (Lipinski definition) is 1. The summed E-state index contributed by atoms with van der Waals surface area (Å²) in [5.41, 5.74) is 2.30. The molecule has 1 aromatic heterocycles. The van der Waals surface area contributed by atoms with Gasteiger partial charge in [-0.2, -0.15) is 0 Å². The van der Waals surface area contributed by atoms with Crippen molar-refractivity contribution in [3.63, 3.8) is 0 Å². The van der Waals surface area contributed by atoms with E-state index in [4.69, 9.17) is 9.47 Å². The van der Waals surface area contributed by atoms with E-state index in [-0.39, 0.29) is 11.6 Å². The highest BCUT2D eigenvalue weighted by Gasteiger charge is 2.44. The monoisotopic (exact) mass is 414 g/mol. The summed E-state index contributed by atoms with van der Waals surface area (Å²) >= 11 is 0. The van der Waals surface area contributed by atoms with Crippen molar-refractivity contribution in [2.24, 2.45) is 0 Å². The smallest absolute Gasteiger partial charge is 0.326 e. The molecule has 2 fully saturated rings. The lowest BCUT2D eigenvalue weighted by molar-refractivity contribution is -0.155. The van der Waals surface area contributed by atoms with E-state index >= 15 is 0 Å². The van der Waals surface area contributed by atoms with Gasteiger partial charge in [-0.15, -0.1) is 0 Å². The third-order valence-electron chi connectivity index (χ3n) is 6.53. The number of aromatic nitrogens is 1. The zero-order valence-electron chi connectivity index (χ0n) is 18.4. The highest BCUT2D eigenvalue weighted by atomic mass is 16.5. The zero-order chi connectivity index (χ0) is 21.1. The highest BCUT2D eigenvalue weighted by molar-refractivity contribution is 5.94. The topological polar surface area (TPSA) is 59.0 Å². The summed E-state index contributed by atoms with van der Waals surface area (Å²) in [7, 11) is 5.80. The first-order valence-electron chi connectivity index (χ1n) is 11.0. The number of likely N-dealkylation sites (N-methyl/N-ethyl adjacent to an activating group) is 1. The predicted octanol–water partition coefficient (Wildman–Crippen LogP) is 2.57. The van der Waals surface area contributed by atoms with Crippen LogP contribution in [-0.4, -0.2) is 86.5 Å². The van der Waals surface area contributed by atoms with Crippen LogP contribution >= 0.6 is 0 Å². The Morgan fingerprint density at radius 3 is 2.83 bits per heavy atom.